The van der Waals surface area contributed by atoms with Crippen LogP contribution in [0.25, 0.3) is 0 Å². The maximum Gasteiger partial charge on any atom is 0.253 e. The molecule has 8 heteroatoms. The maximum absolute atomic E-state index is 12.6. The first-order valence-electron chi connectivity index (χ1n) is 8.86. The SMILES string of the molecule is CC1CC(NC(=O)C2CCCN(C(=O)c3ccncc3)C2)CCN1.Cl.Cl. The molecule has 2 aliphatic rings. The highest BCUT2D eigenvalue weighted by atomic mass is 35.5. The van der Waals surface area contributed by atoms with Crippen molar-refractivity contribution in [2.24, 2.45) is 5.92 Å². The zero-order chi connectivity index (χ0) is 16.9. The molecule has 26 heavy (non-hydrogen) atoms. The van der Waals surface area contributed by atoms with Crippen molar-refractivity contribution in [2.75, 3.05) is 19.6 Å². The highest BCUT2D eigenvalue weighted by Crippen LogP contribution is 2.20. The van der Waals surface area contributed by atoms with Crippen molar-refractivity contribution in [1.29, 1.82) is 0 Å². The number of hydrogen-bond donors (Lipinski definition) is 2. The summed E-state index contributed by atoms with van der Waals surface area (Å²) in [7, 11) is 0. The quantitative estimate of drug-likeness (QED) is 0.810. The average molecular weight is 403 g/mol. The molecule has 1 aromatic rings. The van der Waals surface area contributed by atoms with E-state index in [1.165, 1.54) is 0 Å². The van der Waals surface area contributed by atoms with E-state index >= 15 is 0 Å². The highest BCUT2D eigenvalue weighted by molar-refractivity contribution is 5.94. The first kappa shape index (κ1) is 22.7. The van der Waals surface area contributed by atoms with Crippen molar-refractivity contribution < 1.29 is 9.59 Å². The molecule has 0 spiro atoms. The van der Waals surface area contributed by atoms with Crippen LogP contribution in [0.3, 0.4) is 0 Å². The molecule has 0 bridgehead atoms. The molecule has 1 aromatic heterocycles. The molecule has 0 radical (unpaired) electrons. The number of nitrogens with one attached hydrogen (secondary N) is 2. The third-order valence-electron chi connectivity index (χ3n) is 4.98. The number of aromatic nitrogens is 1. The minimum absolute atomic E-state index is 0. The van der Waals surface area contributed by atoms with Gasteiger partial charge in [-0.3, -0.25) is 14.6 Å². The summed E-state index contributed by atoms with van der Waals surface area (Å²) in [5, 5.41) is 6.59. The van der Waals surface area contributed by atoms with Gasteiger partial charge in [-0.15, -0.1) is 24.8 Å². The second kappa shape index (κ2) is 10.7. The zero-order valence-electron chi connectivity index (χ0n) is 15.0. The molecular formula is C18H28Cl2N4O2. The Kier molecular flexibility index (Phi) is 9.33. The predicted molar refractivity (Wildman–Crippen MR) is 106 cm³/mol. The largest absolute Gasteiger partial charge is 0.353 e. The number of pyridine rings is 1. The van der Waals surface area contributed by atoms with Crippen LogP contribution >= 0.6 is 24.8 Å². The van der Waals surface area contributed by atoms with Gasteiger partial charge in [0, 0.05) is 43.1 Å². The normalized spacial score (nSPS) is 25.4. The van der Waals surface area contributed by atoms with Gasteiger partial charge in [-0.05, 0) is 51.3 Å². The lowest BCUT2D eigenvalue weighted by Crippen LogP contribution is -2.51. The number of carbonyl (C=O) groups is 2. The van der Waals surface area contributed by atoms with E-state index in [-0.39, 0.29) is 48.6 Å². The van der Waals surface area contributed by atoms with Gasteiger partial charge in [-0.1, -0.05) is 0 Å². The van der Waals surface area contributed by atoms with Crippen LogP contribution in [0.2, 0.25) is 0 Å². The van der Waals surface area contributed by atoms with E-state index in [0.717, 1.165) is 38.8 Å². The van der Waals surface area contributed by atoms with Crippen LogP contribution in [-0.2, 0) is 4.79 Å². The Hall–Kier alpha value is -1.37. The van der Waals surface area contributed by atoms with Crippen LogP contribution in [0, 0.1) is 5.92 Å². The molecule has 6 nitrogen and oxygen atoms in total. The molecular weight excluding hydrogens is 375 g/mol. The van der Waals surface area contributed by atoms with Crippen molar-refractivity contribution in [2.45, 2.75) is 44.7 Å². The van der Waals surface area contributed by atoms with Crippen LogP contribution in [0.15, 0.2) is 24.5 Å². The van der Waals surface area contributed by atoms with Gasteiger partial charge in [-0.25, -0.2) is 0 Å². The zero-order valence-corrected chi connectivity index (χ0v) is 16.7. The molecule has 0 aromatic carbocycles. The van der Waals surface area contributed by atoms with Crippen LogP contribution in [-0.4, -0.2) is 53.4 Å². The molecule has 3 atom stereocenters. The lowest BCUT2D eigenvalue weighted by molar-refractivity contribution is -0.127. The van der Waals surface area contributed by atoms with Crippen molar-refractivity contribution >= 4 is 36.6 Å². The third-order valence-corrected chi connectivity index (χ3v) is 4.98. The summed E-state index contributed by atoms with van der Waals surface area (Å²) in [5.74, 6) is -0.0125. The molecule has 0 aliphatic carbocycles. The predicted octanol–water partition coefficient (Wildman–Crippen LogP) is 2.03. The molecule has 2 saturated heterocycles. The van der Waals surface area contributed by atoms with Gasteiger partial charge in [0.05, 0.1) is 5.92 Å². The van der Waals surface area contributed by atoms with Gasteiger partial charge in [-0.2, -0.15) is 0 Å². The van der Waals surface area contributed by atoms with Gasteiger partial charge < -0.3 is 15.5 Å². The second-order valence-electron chi connectivity index (χ2n) is 6.91. The van der Waals surface area contributed by atoms with E-state index in [2.05, 4.69) is 22.5 Å². The molecule has 3 unspecified atom stereocenters. The fourth-order valence-electron chi connectivity index (χ4n) is 3.63. The van der Waals surface area contributed by atoms with E-state index in [1.54, 1.807) is 29.4 Å². The Morgan fingerprint density at radius 1 is 1.23 bits per heavy atom. The Balaban J connectivity index is 0.00000169. The maximum atomic E-state index is 12.6. The van der Waals surface area contributed by atoms with Gasteiger partial charge in [0.2, 0.25) is 5.91 Å². The third kappa shape index (κ3) is 5.83. The molecule has 2 aliphatic heterocycles. The lowest BCUT2D eigenvalue weighted by atomic mass is 9.94. The van der Waals surface area contributed by atoms with E-state index < -0.39 is 0 Å². The summed E-state index contributed by atoms with van der Waals surface area (Å²) in [6, 6.07) is 4.14. The Labute approximate surface area is 167 Å². The number of amides is 2. The first-order chi connectivity index (χ1) is 11.6. The van der Waals surface area contributed by atoms with Crippen molar-refractivity contribution in [1.82, 2.24) is 20.5 Å². The highest BCUT2D eigenvalue weighted by Gasteiger charge is 2.30. The summed E-state index contributed by atoms with van der Waals surface area (Å²) in [6.45, 7) is 4.32. The number of likely N-dealkylation sites (tertiary alicyclic amines) is 1. The molecule has 146 valence electrons. The molecule has 2 fully saturated rings. The number of rotatable bonds is 3. The summed E-state index contributed by atoms with van der Waals surface area (Å²) >= 11 is 0. The van der Waals surface area contributed by atoms with E-state index in [1.807, 2.05) is 0 Å². The lowest BCUT2D eigenvalue weighted by Gasteiger charge is -2.34. The van der Waals surface area contributed by atoms with Crippen molar-refractivity contribution in [3.8, 4) is 0 Å². The van der Waals surface area contributed by atoms with Gasteiger partial charge >= 0.3 is 0 Å². The summed E-state index contributed by atoms with van der Waals surface area (Å²) in [4.78, 5) is 30.9. The second-order valence-corrected chi connectivity index (χ2v) is 6.91. The molecule has 3 rings (SSSR count). The van der Waals surface area contributed by atoms with Gasteiger partial charge in [0.25, 0.3) is 5.91 Å². The molecule has 3 heterocycles. The Bertz CT molecular complexity index is 588. The van der Waals surface area contributed by atoms with E-state index in [0.29, 0.717) is 18.2 Å². The summed E-state index contributed by atoms with van der Waals surface area (Å²) in [5.41, 5.74) is 0.637. The standard InChI is InChI=1S/C18H26N4O2.2ClH/c1-13-11-16(6-9-20-13)21-17(23)15-3-2-10-22(12-15)18(24)14-4-7-19-8-5-14;;/h4-5,7-8,13,15-16,20H,2-3,6,9-12H2,1H3,(H,21,23);2*1H. The van der Waals surface area contributed by atoms with E-state index in [9.17, 15) is 9.59 Å². The van der Waals surface area contributed by atoms with Crippen LogP contribution < -0.4 is 10.6 Å². The monoisotopic (exact) mass is 402 g/mol. The van der Waals surface area contributed by atoms with E-state index in [4.69, 9.17) is 0 Å². The van der Waals surface area contributed by atoms with Crippen LogP contribution in [0.1, 0.15) is 43.0 Å². The number of carbonyl (C=O) groups excluding carboxylic acids is 2. The smallest absolute Gasteiger partial charge is 0.253 e. The first-order valence-corrected chi connectivity index (χ1v) is 8.86. The van der Waals surface area contributed by atoms with Crippen molar-refractivity contribution in [3.05, 3.63) is 30.1 Å². The van der Waals surface area contributed by atoms with Gasteiger partial charge in [0.1, 0.15) is 0 Å². The van der Waals surface area contributed by atoms with Crippen LogP contribution in [0.4, 0.5) is 0 Å². The number of piperidine rings is 2. The molecule has 2 amide bonds. The average Bonchev–Trinajstić information content (AvgIpc) is 2.62. The minimum atomic E-state index is -0.102. The Morgan fingerprint density at radius 3 is 2.65 bits per heavy atom. The fourth-order valence-corrected chi connectivity index (χ4v) is 3.63. The number of halogens is 2. The molecule has 2 N–H and O–H groups in total. The summed E-state index contributed by atoms with van der Waals surface area (Å²) < 4.78 is 0. The van der Waals surface area contributed by atoms with Gasteiger partial charge in [0.15, 0.2) is 0 Å². The van der Waals surface area contributed by atoms with Crippen molar-refractivity contribution in [3.63, 3.8) is 0 Å². The summed E-state index contributed by atoms with van der Waals surface area (Å²) in [6.07, 6.45) is 6.92. The van der Waals surface area contributed by atoms with Crippen LogP contribution in [0.5, 0.6) is 0 Å². The minimum Gasteiger partial charge on any atom is -0.353 e. The Morgan fingerprint density at radius 2 is 1.96 bits per heavy atom. The number of hydrogen-bond acceptors (Lipinski definition) is 4. The topological polar surface area (TPSA) is 74.3 Å². The number of nitrogens with zero attached hydrogens (tertiary/aromatic N) is 2. The fraction of sp³-hybridized carbons (Fsp3) is 0.611. The molecule has 0 saturated carbocycles.